The number of aryl methyl sites for hydroxylation is 1. The molecule has 1 heterocycles. The second-order valence-corrected chi connectivity index (χ2v) is 8.18. The van der Waals surface area contributed by atoms with E-state index in [4.69, 9.17) is 4.74 Å². The molecule has 0 spiro atoms. The van der Waals surface area contributed by atoms with Crippen molar-refractivity contribution in [2.45, 2.75) is 25.7 Å². The molecule has 0 aliphatic carbocycles. The monoisotopic (exact) mass is 376 g/mol. The van der Waals surface area contributed by atoms with Gasteiger partial charge in [0.25, 0.3) is 0 Å². The van der Waals surface area contributed by atoms with Crippen LogP contribution in [0.4, 0.5) is 0 Å². The first-order chi connectivity index (χ1) is 12.2. The van der Waals surface area contributed by atoms with Gasteiger partial charge in [0.2, 0.25) is 5.56 Å². The summed E-state index contributed by atoms with van der Waals surface area (Å²) in [5.74, 6) is -2.96. The highest BCUT2D eigenvalue weighted by atomic mass is 32.2. The van der Waals surface area contributed by atoms with Crippen LogP contribution in [-0.4, -0.2) is 31.7 Å². The number of hydrogen-bond acceptors (Lipinski definition) is 6. The summed E-state index contributed by atoms with van der Waals surface area (Å²) in [4.78, 5) is 26.1. The highest BCUT2D eigenvalue weighted by Gasteiger charge is 2.31. The van der Waals surface area contributed by atoms with Crippen LogP contribution in [0.2, 0.25) is 0 Å². The maximum absolute atomic E-state index is 12.7. The summed E-state index contributed by atoms with van der Waals surface area (Å²) in [6, 6.07) is 7.66. The van der Waals surface area contributed by atoms with Gasteiger partial charge in [-0.2, -0.15) is 5.26 Å². The van der Waals surface area contributed by atoms with Crippen molar-refractivity contribution < 1.29 is 17.9 Å². The molecule has 0 saturated heterocycles. The summed E-state index contributed by atoms with van der Waals surface area (Å²) < 4.78 is 30.3. The number of benzene rings is 1. The zero-order valence-corrected chi connectivity index (χ0v) is 15.6. The van der Waals surface area contributed by atoms with Crippen molar-refractivity contribution in [3.8, 4) is 6.07 Å². The van der Waals surface area contributed by atoms with Gasteiger partial charge in [-0.3, -0.25) is 9.59 Å². The lowest BCUT2D eigenvalue weighted by atomic mass is 9.98. The number of carbonyl (C=O) groups excluding carboxylic acids is 1. The van der Waals surface area contributed by atoms with Gasteiger partial charge in [0, 0.05) is 17.0 Å². The van der Waals surface area contributed by atoms with Crippen molar-refractivity contribution >= 4 is 26.7 Å². The van der Waals surface area contributed by atoms with E-state index in [9.17, 15) is 23.3 Å². The van der Waals surface area contributed by atoms with Gasteiger partial charge in [-0.1, -0.05) is 6.92 Å². The van der Waals surface area contributed by atoms with E-state index in [1.54, 1.807) is 13.8 Å². The van der Waals surface area contributed by atoms with E-state index in [0.29, 0.717) is 16.5 Å². The lowest BCUT2D eigenvalue weighted by Crippen LogP contribution is -2.28. The molecule has 0 fully saturated rings. The number of aromatic amines is 1. The number of H-pyrrole nitrogens is 1. The molecule has 0 bridgehead atoms. The molecule has 0 radical (unpaired) electrons. The fourth-order valence-electron chi connectivity index (χ4n) is 2.78. The van der Waals surface area contributed by atoms with Crippen molar-refractivity contribution in [2.24, 2.45) is 11.8 Å². The van der Waals surface area contributed by atoms with Crippen molar-refractivity contribution in [3.63, 3.8) is 0 Å². The summed E-state index contributed by atoms with van der Waals surface area (Å²) in [5, 5.41) is 9.81. The number of nitriles is 1. The summed E-state index contributed by atoms with van der Waals surface area (Å²) in [6.07, 6.45) is 0. The maximum Gasteiger partial charge on any atom is 0.323 e. The number of fused-ring (bicyclic) bond motifs is 1. The predicted molar refractivity (Wildman–Crippen MR) is 96.3 cm³/mol. The number of sulfone groups is 1. The minimum atomic E-state index is -3.73. The van der Waals surface area contributed by atoms with Crippen molar-refractivity contribution in [3.05, 3.63) is 40.2 Å². The Morgan fingerprint density at radius 2 is 2.04 bits per heavy atom. The number of ether oxygens (including phenoxy) is 1. The van der Waals surface area contributed by atoms with Crippen LogP contribution in [-0.2, 0) is 19.4 Å². The Hall–Kier alpha value is -2.66. The molecular formula is C18H20N2O5S. The molecule has 0 aliphatic rings. The number of rotatable bonds is 6. The average molecular weight is 376 g/mol. The van der Waals surface area contributed by atoms with Crippen LogP contribution in [0.5, 0.6) is 0 Å². The van der Waals surface area contributed by atoms with Crippen molar-refractivity contribution in [1.29, 1.82) is 5.26 Å². The number of hydrogen-bond donors (Lipinski definition) is 1. The fraction of sp³-hybridized carbons (Fsp3) is 0.389. The Bertz CT molecular complexity index is 1030. The molecule has 2 atom stereocenters. The molecular weight excluding hydrogens is 356 g/mol. The van der Waals surface area contributed by atoms with Gasteiger partial charge in [0.05, 0.1) is 23.3 Å². The number of nitrogens with one attached hydrogen (secondary N) is 1. The quantitative estimate of drug-likeness (QED) is 0.770. The SMILES string of the molecule is CCOC(=O)[C@@H](C#N)[C@@H](C)CS(=O)(=O)c1ccc2[nH]c(=O)cc(C)c2c1. The highest BCUT2D eigenvalue weighted by Crippen LogP contribution is 2.24. The number of carbonyl (C=O) groups is 1. The van der Waals surface area contributed by atoms with Crippen LogP contribution in [0.25, 0.3) is 10.9 Å². The maximum atomic E-state index is 12.7. The lowest BCUT2D eigenvalue weighted by molar-refractivity contribution is -0.147. The Morgan fingerprint density at radius 1 is 1.35 bits per heavy atom. The Balaban J connectivity index is 2.35. The van der Waals surface area contributed by atoms with E-state index in [0.717, 1.165) is 0 Å². The minimum absolute atomic E-state index is 0.0764. The van der Waals surface area contributed by atoms with Crippen molar-refractivity contribution in [2.75, 3.05) is 12.4 Å². The largest absolute Gasteiger partial charge is 0.465 e. The fourth-order valence-corrected chi connectivity index (χ4v) is 4.43. The van der Waals surface area contributed by atoms with E-state index in [1.165, 1.54) is 31.2 Å². The third-order valence-corrected chi connectivity index (χ3v) is 6.05. The number of aromatic nitrogens is 1. The van der Waals surface area contributed by atoms with E-state index in [2.05, 4.69) is 4.98 Å². The third-order valence-electron chi connectivity index (χ3n) is 4.11. The van der Waals surface area contributed by atoms with Gasteiger partial charge in [-0.25, -0.2) is 8.42 Å². The third kappa shape index (κ3) is 4.11. The smallest absolute Gasteiger partial charge is 0.323 e. The molecule has 8 heteroatoms. The zero-order chi connectivity index (χ0) is 19.5. The molecule has 138 valence electrons. The normalized spacial score (nSPS) is 13.8. The summed E-state index contributed by atoms with van der Waals surface area (Å²) >= 11 is 0. The molecule has 1 aromatic carbocycles. The molecule has 2 rings (SSSR count). The molecule has 0 amide bonds. The Kier molecular flexibility index (Phi) is 5.83. The molecule has 0 saturated carbocycles. The van der Waals surface area contributed by atoms with Crippen LogP contribution < -0.4 is 5.56 Å². The van der Waals surface area contributed by atoms with E-state index in [-0.39, 0.29) is 22.8 Å². The van der Waals surface area contributed by atoms with Gasteiger partial charge in [-0.15, -0.1) is 0 Å². The van der Waals surface area contributed by atoms with E-state index >= 15 is 0 Å². The van der Waals surface area contributed by atoms with E-state index in [1.807, 2.05) is 6.07 Å². The van der Waals surface area contributed by atoms with Crippen LogP contribution in [0, 0.1) is 30.1 Å². The topological polar surface area (TPSA) is 117 Å². The molecule has 7 nitrogen and oxygen atoms in total. The molecule has 1 N–H and O–H groups in total. The Labute approximate surface area is 151 Å². The van der Waals surface area contributed by atoms with Gasteiger partial charge in [0.1, 0.15) is 5.92 Å². The van der Waals surface area contributed by atoms with Crippen molar-refractivity contribution in [1.82, 2.24) is 4.98 Å². The van der Waals surface area contributed by atoms with Crippen LogP contribution >= 0.6 is 0 Å². The molecule has 2 aromatic rings. The first-order valence-electron chi connectivity index (χ1n) is 8.12. The van der Waals surface area contributed by atoms with Gasteiger partial charge in [-0.05, 0) is 43.5 Å². The average Bonchev–Trinajstić information content (AvgIpc) is 2.54. The summed E-state index contributed by atoms with van der Waals surface area (Å²) in [6.45, 7) is 5.00. The molecule has 1 aromatic heterocycles. The minimum Gasteiger partial charge on any atom is -0.465 e. The summed E-state index contributed by atoms with van der Waals surface area (Å²) in [5.41, 5.74) is 0.948. The van der Waals surface area contributed by atoms with Gasteiger partial charge >= 0.3 is 5.97 Å². The van der Waals surface area contributed by atoms with Crippen LogP contribution in [0.1, 0.15) is 19.4 Å². The van der Waals surface area contributed by atoms with Gasteiger partial charge in [0.15, 0.2) is 9.84 Å². The lowest BCUT2D eigenvalue weighted by Gasteiger charge is -2.16. The molecule has 0 aliphatic heterocycles. The number of pyridine rings is 1. The molecule has 0 unspecified atom stereocenters. The van der Waals surface area contributed by atoms with E-state index < -0.39 is 27.6 Å². The molecule has 26 heavy (non-hydrogen) atoms. The summed E-state index contributed by atoms with van der Waals surface area (Å²) in [7, 11) is -3.73. The highest BCUT2D eigenvalue weighted by molar-refractivity contribution is 7.91. The Morgan fingerprint density at radius 3 is 2.65 bits per heavy atom. The second-order valence-electron chi connectivity index (χ2n) is 6.14. The second kappa shape index (κ2) is 7.70. The zero-order valence-electron chi connectivity index (χ0n) is 14.8. The number of esters is 1. The van der Waals surface area contributed by atoms with Crippen LogP contribution in [0.15, 0.2) is 34.0 Å². The van der Waals surface area contributed by atoms with Crippen LogP contribution in [0.3, 0.4) is 0 Å². The first-order valence-corrected chi connectivity index (χ1v) is 9.77. The predicted octanol–water partition coefficient (Wildman–Crippen LogP) is 1.95. The first kappa shape index (κ1) is 19.7. The standard InChI is InChI=1S/C18H20N2O5S/c1-4-25-18(22)15(9-19)12(3)10-26(23,24)13-5-6-16-14(8-13)11(2)7-17(21)20-16/h5-8,12,15H,4,10H2,1-3H3,(H,20,21)/t12-,15-/m0/s1. The van der Waals surface area contributed by atoms with Gasteiger partial charge < -0.3 is 9.72 Å². The number of nitrogens with zero attached hydrogens (tertiary/aromatic N) is 1.